The molecule has 1 unspecified atom stereocenters. The predicted octanol–water partition coefficient (Wildman–Crippen LogP) is 2.29. The summed E-state index contributed by atoms with van der Waals surface area (Å²) in [5.74, 6) is -1.04. The smallest absolute Gasteiger partial charge is 0.352 e. The van der Waals surface area contributed by atoms with Gasteiger partial charge in [-0.3, -0.25) is 9.59 Å². The number of hydrogen-bond donors (Lipinski definition) is 2. The number of likely N-dealkylation sites (N-methyl/N-ethyl adjacent to an activating group) is 1. The molecule has 1 aliphatic heterocycles. The topological polar surface area (TPSA) is 87.7 Å². The van der Waals surface area contributed by atoms with Crippen LogP contribution in [-0.2, 0) is 14.4 Å². The van der Waals surface area contributed by atoms with Crippen molar-refractivity contribution in [3.63, 3.8) is 0 Å². The van der Waals surface area contributed by atoms with E-state index in [2.05, 4.69) is 10.6 Å². The van der Waals surface area contributed by atoms with Crippen molar-refractivity contribution in [3.05, 3.63) is 46.1 Å². The quantitative estimate of drug-likeness (QED) is 0.871. The molecule has 0 saturated heterocycles. The molecule has 1 atom stereocenters. The van der Waals surface area contributed by atoms with Crippen molar-refractivity contribution in [2.24, 2.45) is 0 Å². The fourth-order valence-corrected chi connectivity index (χ4v) is 2.68. The van der Waals surface area contributed by atoms with Gasteiger partial charge in [-0.05, 0) is 31.5 Å². The van der Waals surface area contributed by atoms with E-state index in [4.69, 9.17) is 16.4 Å². The molecule has 0 fully saturated rings. The molecule has 0 spiro atoms. The zero-order valence-electron chi connectivity index (χ0n) is 13.6. The molecule has 0 bridgehead atoms. The van der Waals surface area contributed by atoms with Crippen LogP contribution in [0.15, 0.2) is 35.5 Å². The van der Waals surface area contributed by atoms with Crippen molar-refractivity contribution in [2.75, 3.05) is 6.54 Å². The highest BCUT2D eigenvalue weighted by molar-refractivity contribution is 6.30. The lowest BCUT2D eigenvalue weighted by atomic mass is 9.94. The third-order valence-electron chi connectivity index (χ3n) is 3.38. The van der Waals surface area contributed by atoms with Crippen LogP contribution in [0.2, 0.25) is 5.02 Å². The normalized spacial score (nSPS) is 17.4. The van der Waals surface area contributed by atoms with Crippen molar-refractivity contribution in [3.8, 4) is 0 Å². The number of hydrogen-bond acceptors (Lipinski definition) is 4. The minimum absolute atomic E-state index is 0.278. The molecule has 8 heteroatoms. The largest absolute Gasteiger partial charge is 0.355 e. The zero-order valence-corrected chi connectivity index (χ0v) is 14.3. The maximum absolute atomic E-state index is 12.5. The van der Waals surface area contributed by atoms with Gasteiger partial charge in [-0.1, -0.05) is 23.7 Å². The minimum atomic E-state index is -0.895. The van der Waals surface area contributed by atoms with E-state index < -0.39 is 18.0 Å². The minimum Gasteiger partial charge on any atom is -0.352 e. The Bertz CT molecular complexity index is 717. The summed E-state index contributed by atoms with van der Waals surface area (Å²) in [6, 6.07) is 5.16. The first-order valence-electron chi connectivity index (χ1n) is 7.38. The Balaban J connectivity index is 2.59. The van der Waals surface area contributed by atoms with Crippen LogP contribution in [0.3, 0.4) is 0 Å². The van der Waals surface area contributed by atoms with Crippen molar-refractivity contribution < 1.29 is 19.2 Å². The first-order valence-corrected chi connectivity index (χ1v) is 7.76. The molecule has 1 aliphatic rings. The van der Waals surface area contributed by atoms with E-state index in [1.54, 1.807) is 38.1 Å². The van der Waals surface area contributed by atoms with Crippen LogP contribution in [0.25, 0.3) is 0 Å². The number of nitrogens with one attached hydrogen (secondary N) is 2. The van der Waals surface area contributed by atoms with Crippen molar-refractivity contribution >= 4 is 29.5 Å². The average Bonchev–Trinajstić information content (AvgIpc) is 2.49. The fraction of sp³-hybridized carbons (Fsp3) is 0.312. The number of hydroxylamine groups is 2. The number of carbonyl (C=O) groups is 3. The maximum Gasteiger partial charge on any atom is 0.355 e. The maximum atomic E-state index is 12.5. The summed E-state index contributed by atoms with van der Waals surface area (Å²) in [4.78, 5) is 41.2. The Morgan fingerprint density at radius 1 is 1.42 bits per heavy atom. The van der Waals surface area contributed by atoms with Gasteiger partial charge < -0.3 is 15.5 Å². The number of urea groups is 1. The molecule has 3 amide bonds. The van der Waals surface area contributed by atoms with Gasteiger partial charge in [0.15, 0.2) is 0 Å². The summed E-state index contributed by atoms with van der Waals surface area (Å²) in [6.45, 7) is 5.00. The molecule has 7 nitrogen and oxygen atoms in total. The van der Waals surface area contributed by atoms with Gasteiger partial charge in [0.2, 0.25) is 0 Å². The lowest BCUT2D eigenvalue weighted by Gasteiger charge is -2.35. The van der Waals surface area contributed by atoms with Gasteiger partial charge in [0, 0.05) is 24.2 Å². The summed E-state index contributed by atoms with van der Waals surface area (Å²) in [5.41, 5.74) is 1.22. The van der Waals surface area contributed by atoms with Crippen LogP contribution in [0.4, 0.5) is 4.79 Å². The van der Waals surface area contributed by atoms with Gasteiger partial charge in [0.05, 0.1) is 5.57 Å². The van der Waals surface area contributed by atoms with Gasteiger partial charge in [0.25, 0.3) is 5.91 Å². The van der Waals surface area contributed by atoms with E-state index in [1.807, 2.05) is 0 Å². The van der Waals surface area contributed by atoms with E-state index in [-0.39, 0.29) is 11.5 Å². The fourth-order valence-electron chi connectivity index (χ4n) is 2.48. The molecule has 0 radical (unpaired) electrons. The first-order chi connectivity index (χ1) is 11.3. The number of nitrogens with zero attached hydrogens (tertiary/aromatic N) is 1. The monoisotopic (exact) mass is 351 g/mol. The molecule has 1 aromatic rings. The second-order valence-corrected chi connectivity index (χ2v) is 5.63. The van der Waals surface area contributed by atoms with E-state index in [9.17, 15) is 14.4 Å². The van der Waals surface area contributed by atoms with Gasteiger partial charge in [0.1, 0.15) is 6.04 Å². The van der Waals surface area contributed by atoms with Crippen LogP contribution >= 0.6 is 11.6 Å². The van der Waals surface area contributed by atoms with Crippen LogP contribution in [0.5, 0.6) is 0 Å². The summed E-state index contributed by atoms with van der Waals surface area (Å²) in [7, 11) is 0. The summed E-state index contributed by atoms with van der Waals surface area (Å²) < 4.78 is 0. The van der Waals surface area contributed by atoms with Crippen LogP contribution in [0, 0.1) is 0 Å². The highest BCUT2D eigenvalue weighted by Gasteiger charge is 2.40. The number of amides is 3. The highest BCUT2D eigenvalue weighted by atomic mass is 35.5. The molecular weight excluding hydrogens is 334 g/mol. The summed E-state index contributed by atoms with van der Waals surface area (Å²) in [5, 5.41) is 6.53. The number of allylic oxidation sites excluding steroid dienone is 1. The lowest BCUT2D eigenvalue weighted by Crippen LogP contribution is -2.50. The van der Waals surface area contributed by atoms with E-state index in [1.165, 1.54) is 6.92 Å². The van der Waals surface area contributed by atoms with E-state index >= 15 is 0 Å². The molecule has 0 saturated carbocycles. The Labute approximate surface area is 144 Å². The van der Waals surface area contributed by atoms with Crippen molar-refractivity contribution in [1.29, 1.82) is 0 Å². The third-order valence-corrected chi connectivity index (χ3v) is 3.61. The van der Waals surface area contributed by atoms with Gasteiger partial charge in [-0.15, -0.1) is 5.06 Å². The van der Waals surface area contributed by atoms with Crippen LogP contribution < -0.4 is 10.6 Å². The predicted molar refractivity (Wildman–Crippen MR) is 87.7 cm³/mol. The Morgan fingerprint density at radius 3 is 2.71 bits per heavy atom. The Kier molecular flexibility index (Phi) is 5.46. The molecular formula is C16H18ClN3O4. The van der Waals surface area contributed by atoms with Crippen molar-refractivity contribution in [1.82, 2.24) is 15.7 Å². The third kappa shape index (κ3) is 3.68. The number of benzene rings is 1. The summed E-state index contributed by atoms with van der Waals surface area (Å²) >= 11 is 6.04. The standard InChI is InChI=1S/C16H18ClN3O4/c1-4-18-15(22)13-9(2)19-16(23)20(24-10(3)21)14(13)11-6-5-7-12(17)8-11/h5-8,14H,4H2,1-3H3,(H,18,22)(H,19,23). The van der Waals surface area contributed by atoms with Gasteiger partial charge in [-0.2, -0.15) is 0 Å². The molecule has 1 heterocycles. The van der Waals surface area contributed by atoms with Crippen LogP contribution in [-0.4, -0.2) is 29.5 Å². The SMILES string of the molecule is CCNC(=O)C1=C(C)NC(=O)N(OC(C)=O)C1c1cccc(Cl)c1. The second-order valence-electron chi connectivity index (χ2n) is 5.19. The first kappa shape index (κ1) is 17.8. The van der Waals surface area contributed by atoms with Crippen molar-refractivity contribution in [2.45, 2.75) is 26.8 Å². The molecule has 128 valence electrons. The van der Waals surface area contributed by atoms with E-state index in [0.717, 1.165) is 5.06 Å². The number of halogens is 1. The number of carbonyl (C=O) groups excluding carboxylic acids is 3. The van der Waals surface area contributed by atoms with E-state index in [0.29, 0.717) is 22.8 Å². The number of rotatable bonds is 4. The Morgan fingerprint density at radius 2 is 2.12 bits per heavy atom. The summed E-state index contributed by atoms with van der Waals surface area (Å²) in [6.07, 6.45) is 0. The van der Waals surface area contributed by atoms with Gasteiger partial charge >= 0.3 is 12.0 Å². The van der Waals surface area contributed by atoms with Crippen LogP contribution in [0.1, 0.15) is 32.4 Å². The molecule has 0 aromatic heterocycles. The molecule has 2 rings (SSSR count). The molecule has 0 aliphatic carbocycles. The lowest BCUT2D eigenvalue weighted by molar-refractivity contribution is -0.181. The molecule has 1 aromatic carbocycles. The average molecular weight is 352 g/mol. The Hall–Kier alpha value is -2.54. The second kappa shape index (κ2) is 7.35. The zero-order chi connectivity index (χ0) is 17.9. The highest BCUT2D eigenvalue weighted by Crippen LogP contribution is 2.34. The molecule has 2 N–H and O–H groups in total. The molecule has 24 heavy (non-hydrogen) atoms. The van der Waals surface area contributed by atoms with Gasteiger partial charge in [-0.25, -0.2) is 4.79 Å².